The highest BCUT2D eigenvalue weighted by molar-refractivity contribution is 5.40. The van der Waals surface area contributed by atoms with E-state index >= 15 is 0 Å². The van der Waals surface area contributed by atoms with Crippen molar-refractivity contribution in [2.75, 3.05) is 6.54 Å². The second-order valence-corrected chi connectivity index (χ2v) is 6.73. The third kappa shape index (κ3) is 3.37. The summed E-state index contributed by atoms with van der Waals surface area (Å²) >= 11 is 0. The Morgan fingerprint density at radius 3 is 2.65 bits per heavy atom. The van der Waals surface area contributed by atoms with Crippen molar-refractivity contribution in [2.24, 2.45) is 17.1 Å². The number of nitrogens with zero attached hydrogens (tertiary/aromatic N) is 3. The fourth-order valence-electron chi connectivity index (χ4n) is 2.73. The van der Waals surface area contributed by atoms with Gasteiger partial charge in [-0.05, 0) is 55.3 Å². The van der Waals surface area contributed by atoms with E-state index in [0.717, 1.165) is 37.3 Å². The summed E-state index contributed by atoms with van der Waals surface area (Å²) in [6.45, 7) is 9.70. The van der Waals surface area contributed by atoms with Gasteiger partial charge in [-0.2, -0.15) is 0 Å². The molecule has 2 heterocycles. The van der Waals surface area contributed by atoms with Gasteiger partial charge in [-0.25, -0.2) is 0 Å². The maximum absolute atomic E-state index is 5.75. The Kier molecular flexibility index (Phi) is 4.43. The Bertz CT molecular complexity index is 565. The van der Waals surface area contributed by atoms with Crippen molar-refractivity contribution in [1.29, 1.82) is 0 Å². The molecular formula is C16H26N4. The molecule has 0 saturated heterocycles. The van der Waals surface area contributed by atoms with Gasteiger partial charge in [0.1, 0.15) is 5.82 Å². The molecule has 1 unspecified atom stereocenters. The second-order valence-electron chi connectivity index (χ2n) is 6.73. The monoisotopic (exact) mass is 274 g/mol. The van der Waals surface area contributed by atoms with Crippen LogP contribution in [-0.4, -0.2) is 21.1 Å². The van der Waals surface area contributed by atoms with Crippen LogP contribution >= 0.6 is 0 Å². The first kappa shape index (κ1) is 15.0. The SMILES string of the molecule is Cc1ccn2c(CCC(CCN)C(C)(C)C)nnc2c1. The Morgan fingerprint density at radius 2 is 2.00 bits per heavy atom. The second kappa shape index (κ2) is 5.92. The Hall–Kier alpha value is -1.42. The molecule has 1 atom stereocenters. The van der Waals surface area contributed by atoms with E-state index in [-0.39, 0.29) is 5.41 Å². The van der Waals surface area contributed by atoms with Crippen LogP contribution in [0.1, 0.15) is 45.0 Å². The maximum Gasteiger partial charge on any atom is 0.161 e. The fourth-order valence-corrected chi connectivity index (χ4v) is 2.73. The largest absolute Gasteiger partial charge is 0.330 e. The van der Waals surface area contributed by atoms with Gasteiger partial charge < -0.3 is 5.73 Å². The number of hydrogen-bond donors (Lipinski definition) is 1. The smallest absolute Gasteiger partial charge is 0.161 e. The average molecular weight is 274 g/mol. The number of pyridine rings is 1. The molecular weight excluding hydrogens is 248 g/mol. The molecule has 4 nitrogen and oxygen atoms in total. The predicted molar refractivity (Wildman–Crippen MR) is 82.7 cm³/mol. The lowest BCUT2D eigenvalue weighted by Gasteiger charge is -2.30. The van der Waals surface area contributed by atoms with Gasteiger partial charge in [0.25, 0.3) is 0 Å². The van der Waals surface area contributed by atoms with Crippen molar-refractivity contribution in [3.8, 4) is 0 Å². The van der Waals surface area contributed by atoms with Crippen LogP contribution in [0.15, 0.2) is 18.3 Å². The van der Waals surface area contributed by atoms with Crippen LogP contribution in [0.5, 0.6) is 0 Å². The summed E-state index contributed by atoms with van der Waals surface area (Å²) in [5.74, 6) is 1.66. The van der Waals surface area contributed by atoms with E-state index in [1.54, 1.807) is 0 Å². The molecule has 2 rings (SSSR count). The number of hydrogen-bond acceptors (Lipinski definition) is 3. The van der Waals surface area contributed by atoms with Gasteiger partial charge in [0, 0.05) is 12.6 Å². The Balaban J connectivity index is 2.12. The summed E-state index contributed by atoms with van der Waals surface area (Å²) in [5, 5.41) is 8.59. The molecule has 2 aromatic rings. The van der Waals surface area contributed by atoms with Crippen LogP contribution in [0.4, 0.5) is 0 Å². The van der Waals surface area contributed by atoms with Crippen molar-refractivity contribution in [1.82, 2.24) is 14.6 Å². The zero-order valence-corrected chi connectivity index (χ0v) is 13.1. The molecule has 0 spiro atoms. The molecule has 0 aromatic carbocycles. The van der Waals surface area contributed by atoms with Crippen LogP contribution in [0.25, 0.3) is 5.65 Å². The van der Waals surface area contributed by atoms with Crippen molar-refractivity contribution in [2.45, 2.75) is 47.0 Å². The molecule has 2 N–H and O–H groups in total. The van der Waals surface area contributed by atoms with E-state index in [1.165, 1.54) is 5.56 Å². The van der Waals surface area contributed by atoms with E-state index in [2.05, 4.69) is 60.6 Å². The van der Waals surface area contributed by atoms with Crippen LogP contribution in [-0.2, 0) is 6.42 Å². The molecule has 0 fully saturated rings. The standard InChI is InChI=1S/C16H26N4/c1-12-8-10-20-14(18-19-15(20)11-12)6-5-13(7-9-17)16(2,3)4/h8,10-11,13H,5-7,9,17H2,1-4H3. The summed E-state index contributed by atoms with van der Waals surface area (Å²) in [6.07, 6.45) is 5.19. The first-order valence-electron chi connectivity index (χ1n) is 7.42. The molecule has 0 aliphatic carbocycles. The lowest BCUT2D eigenvalue weighted by atomic mass is 9.76. The topological polar surface area (TPSA) is 56.2 Å². The molecule has 0 aliphatic rings. The third-order valence-electron chi connectivity index (χ3n) is 4.09. The van der Waals surface area contributed by atoms with Gasteiger partial charge in [0.05, 0.1) is 0 Å². The first-order chi connectivity index (χ1) is 9.41. The first-order valence-corrected chi connectivity index (χ1v) is 7.42. The van der Waals surface area contributed by atoms with E-state index in [9.17, 15) is 0 Å². The van der Waals surface area contributed by atoms with E-state index in [4.69, 9.17) is 5.73 Å². The van der Waals surface area contributed by atoms with Crippen molar-refractivity contribution < 1.29 is 0 Å². The van der Waals surface area contributed by atoms with Crippen molar-refractivity contribution in [3.05, 3.63) is 29.7 Å². The lowest BCUT2D eigenvalue weighted by molar-refractivity contribution is 0.214. The minimum atomic E-state index is 0.288. The minimum absolute atomic E-state index is 0.288. The number of nitrogens with two attached hydrogens (primary N) is 1. The minimum Gasteiger partial charge on any atom is -0.330 e. The highest BCUT2D eigenvalue weighted by Crippen LogP contribution is 2.32. The van der Waals surface area contributed by atoms with E-state index < -0.39 is 0 Å². The molecule has 110 valence electrons. The van der Waals surface area contributed by atoms with Crippen LogP contribution in [0.3, 0.4) is 0 Å². The highest BCUT2D eigenvalue weighted by Gasteiger charge is 2.24. The molecule has 0 saturated carbocycles. The highest BCUT2D eigenvalue weighted by atomic mass is 15.2. The van der Waals surface area contributed by atoms with Crippen molar-refractivity contribution >= 4 is 5.65 Å². The maximum atomic E-state index is 5.75. The number of rotatable bonds is 5. The van der Waals surface area contributed by atoms with Gasteiger partial charge in [-0.3, -0.25) is 4.40 Å². The van der Waals surface area contributed by atoms with Crippen LogP contribution in [0, 0.1) is 18.3 Å². The summed E-state index contributed by atoms with van der Waals surface area (Å²) in [5.41, 5.74) is 8.19. The van der Waals surface area contributed by atoms with E-state index in [1.807, 2.05) is 0 Å². The quantitative estimate of drug-likeness (QED) is 0.912. The molecule has 2 aromatic heterocycles. The zero-order chi connectivity index (χ0) is 14.8. The lowest BCUT2D eigenvalue weighted by Crippen LogP contribution is -2.24. The van der Waals surface area contributed by atoms with Crippen LogP contribution < -0.4 is 5.73 Å². The predicted octanol–water partition coefficient (Wildman–Crippen LogP) is 2.98. The van der Waals surface area contributed by atoms with Gasteiger partial charge >= 0.3 is 0 Å². The van der Waals surface area contributed by atoms with Gasteiger partial charge in [0.15, 0.2) is 5.65 Å². The Morgan fingerprint density at radius 1 is 1.25 bits per heavy atom. The Labute approximate surface area is 121 Å². The normalized spacial score (nSPS) is 13.8. The molecule has 20 heavy (non-hydrogen) atoms. The van der Waals surface area contributed by atoms with Gasteiger partial charge in [0.2, 0.25) is 0 Å². The summed E-state index contributed by atoms with van der Waals surface area (Å²) < 4.78 is 2.09. The average Bonchev–Trinajstić information content (AvgIpc) is 2.75. The molecule has 0 amide bonds. The van der Waals surface area contributed by atoms with E-state index in [0.29, 0.717) is 5.92 Å². The summed E-state index contributed by atoms with van der Waals surface area (Å²) in [7, 11) is 0. The molecule has 4 heteroatoms. The third-order valence-corrected chi connectivity index (χ3v) is 4.09. The van der Waals surface area contributed by atoms with Gasteiger partial charge in [-0.1, -0.05) is 20.8 Å². The molecule has 0 bridgehead atoms. The van der Waals surface area contributed by atoms with Crippen LogP contribution in [0.2, 0.25) is 0 Å². The zero-order valence-electron chi connectivity index (χ0n) is 13.1. The number of aromatic nitrogens is 3. The molecule has 0 aliphatic heterocycles. The van der Waals surface area contributed by atoms with Crippen molar-refractivity contribution in [3.63, 3.8) is 0 Å². The fraction of sp³-hybridized carbons (Fsp3) is 0.625. The summed E-state index contributed by atoms with van der Waals surface area (Å²) in [4.78, 5) is 0. The van der Waals surface area contributed by atoms with Gasteiger partial charge in [-0.15, -0.1) is 10.2 Å². The number of aryl methyl sites for hydroxylation is 2. The molecule has 0 radical (unpaired) electrons. The number of fused-ring (bicyclic) bond motifs is 1. The summed E-state index contributed by atoms with van der Waals surface area (Å²) in [6, 6.07) is 4.17.